The molecule has 1 amide bonds. The molecule has 1 aromatic rings. The first-order valence-electron chi connectivity index (χ1n) is 6.49. The summed E-state index contributed by atoms with van der Waals surface area (Å²) in [5.41, 5.74) is 6.62. The number of carbonyl (C=O) groups excluding carboxylic acids is 1. The third kappa shape index (κ3) is 3.10. The monoisotopic (exact) mass is 284 g/mol. The van der Waals surface area contributed by atoms with E-state index in [-0.39, 0.29) is 24.0 Å². The van der Waals surface area contributed by atoms with Crippen molar-refractivity contribution in [2.24, 2.45) is 5.73 Å². The summed E-state index contributed by atoms with van der Waals surface area (Å²) in [6.07, 6.45) is -0.0962. The topological polar surface area (TPSA) is 81.3 Å². The molecule has 1 fully saturated rings. The number of nitrogens with two attached hydrogens (primary N) is 1. The first-order valence-corrected chi connectivity index (χ1v) is 7.26. The van der Waals surface area contributed by atoms with Crippen LogP contribution in [0.15, 0.2) is 0 Å². The van der Waals surface area contributed by atoms with Crippen LogP contribution < -0.4 is 5.73 Å². The fourth-order valence-electron chi connectivity index (χ4n) is 2.05. The predicted molar refractivity (Wildman–Crippen MR) is 73.3 cm³/mol. The second kappa shape index (κ2) is 5.94. The number of amides is 1. The average Bonchev–Trinajstić information content (AvgIpc) is 2.87. The van der Waals surface area contributed by atoms with E-state index in [2.05, 4.69) is 9.59 Å². The number of morpholine rings is 1. The van der Waals surface area contributed by atoms with Crippen LogP contribution in [0.1, 0.15) is 42.1 Å². The number of ether oxygens (including phenoxy) is 1. The lowest BCUT2D eigenvalue weighted by Crippen LogP contribution is -2.51. The van der Waals surface area contributed by atoms with Crippen LogP contribution in [-0.4, -0.2) is 52.2 Å². The van der Waals surface area contributed by atoms with Crippen molar-refractivity contribution in [3.63, 3.8) is 0 Å². The molecule has 0 spiro atoms. The molecule has 1 aliphatic heterocycles. The molecular formula is C12H20N4O2S. The summed E-state index contributed by atoms with van der Waals surface area (Å²) in [6.45, 7) is 7.58. The molecule has 6 nitrogen and oxygen atoms in total. The number of hydrogen-bond acceptors (Lipinski definition) is 6. The van der Waals surface area contributed by atoms with E-state index in [1.54, 1.807) is 4.90 Å². The lowest BCUT2D eigenvalue weighted by molar-refractivity contribution is -0.0299. The normalized spacial score (nSPS) is 21.7. The van der Waals surface area contributed by atoms with E-state index in [1.807, 2.05) is 20.8 Å². The van der Waals surface area contributed by atoms with Crippen LogP contribution in [0.4, 0.5) is 0 Å². The van der Waals surface area contributed by atoms with Gasteiger partial charge in [0.1, 0.15) is 4.88 Å². The average molecular weight is 284 g/mol. The van der Waals surface area contributed by atoms with Crippen molar-refractivity contribution in [3.8, 4) is 0 Å². The van der Waals surface area contributed by atoms with Gasteiger partial charge in [-0.05, 0) is 24.4 Å². The SMILES string of the molecule is CC(C)c1nnsc1C(=O)N1CCOC(C(C)N)C1. The van der Waals surface area contributed by atoms with Crippen molar-refractivity contribution in [1.29, 1.82) is 0 Å². The molecular weight excluding hydrogens is 264 g/mol. The smallest absolute Gasteiger partial charge is 0.267 e. The second-order valence-electron chi connectivity index (χ2n) is 5.16. The van der Waals surface area contributed by atoms with Crippen LogP contribution in [-0.2, 0) is 4.74 Å². The summed E-state index contributed by atoms with van der Waals surface area (Å²) < 4.78 is 9.47. The van der Waals surface area contributed by atoms with E-state index >= 15 is 0 Å². The van der Waals surface area contributed by atoms with Crippen LogP contribution in [0.3, 0.4) is 0 Å². The minimum absolute atomic E-state index is 0.00681. The maximum Gasteiger partial charge on any atom is 0.267 e. The van der Waals surface area contributed by atoms with Gasteiger partial charge in [-0.2, -0.15) is 0 Å². The molecule has 0 bridgehead atoms. The zero-order valence-corrected chi connectivity index (χ0v) is 12.3. The van der Waals surface area contributed by atoms with Crippen LogP contribution in [0, 0.1) is 0 Å². The van der Waals surface area contributed by atoms with Crippen molar-refractivity contribution in [2.75, 3.05) is 19.7 Å². The molecule has 19 heavy (non-hydrogen) atoms. The van der Waals surface area contributed by atoms with Gasteiger partial charge in [-0.1, -0.05) is 18.3 Å². The van der Waals surface area contributed by atoms with Crippen molar-refractivity contribution in [1.82, 2.24) is 14.5 Å². The molecule has 1 saturated heterocycles. The number of nitrogens with zero attached hydrogens (tertiary/aromatic N) is 3. The Morgan fingerprint density at radius 1 is 1.53 bits per heavy atom. The molecule has 0 saturated carbocycles. The molecule has 1 aliphatic rings. The number of hydrogen-bond donors (Lipinski definition) is 1. The highest BCUT2D eigenvalue weighted by molar-refractivity contribution is 7.08. The highest BCUT2D eigenvalue weighted by atomic mass is 32.1. The van der Waals surface area contributed by atoms with Gasteiger partial charge < -0.3 is 15.4 Å². The van der Waals surface area contributed by atoms with Gasteiger partial charge in [0.2, 0.25) is 0 Å². The van der Waals surface area contributed by atoms with Gasteiger partial charge in [0.25, 0.3) is 5.91 Å². The van der Waals surface area contributed by atoms with Crippen LogP contribution >= 0.6 is 11.5 Å². The molecule has 2 heterocycles. The van der Waals surface area contributed by atoms with Gasteiger partial charge >= 0.3 is 0 Å². The maximum atomic E-state index is 12.5. The molecule has 0 radical (unpaired) electrons. The second-order valence-corrected chi connectivity index (χ2v) is 5.92. The summed E-state index contributed by atoms with van der Waals surface area (Å²) in [5.74, 6) is 0.190. The predicted octanol–water partition coefficient (Wildman–Crippen LogP) is 0.850. The Labute approximate surface area is 117 Å². The Balaban J connectivity index is 2.13. The zero-order valence-electron chi connectivity index (χ0n) is 11.5. The van der Waals surface area contributed by atoms with E-state index < -0.39 is 0 Å². The van der Waals surface area contributed by atoms with E-state index in [4.69, 9.17) is 10.5 Å². The Bertz CT molecular complexity index is 447. The number of carbonyl (C=O) groups is 1. The Kier molecular flexibility index (Phi) is 4.49. The van der Waals surface area contributed by atoms with Crippen molar-refractivity contribution < 1.29 is 9.53 Å². The summed E-state index contributed by atoms with van der Waals surface area (Å²) >= 11 is 1.16. The molecule has 2 rings (SSSR count). The fourth-order valence-corrected chi connectivity index (χ4v) is 2.83. The first kappa shape index (κ1) is 14.4. The highest BCUT2D eigenvalue weighted by Gasteiger charge is 2.30. The lowest BCUT2D eigenvalue weighted by Gasteiger charge is -2.34. The first-order chi connectivity index (χ1) is 9.00. The zero-order chi connectivity index (χ0) is 14.0. The van der Waals surface area contributed by atoms with Crippen LogP contribution in [0.2, 0.25) is 0 Å². The van der Waals surface area contributed by atoms with Crippen LogP contribution in [0.25, 0.3) is 0 Å². The van der Waals surface area contributed by atoms with Crippen LogP contribution in [0.5, 0.6) is 0 Å². The molecule has 7 heteroatoms. The molecule has 2 N–H and O–H groups in total. The molecule has 0 aliphatic carbocycles. The molecule has 0 aromatic carbocycles. The third-order valence-electron chi connectivity index (χ3n) is 3.22. The van der Waals surface area contributed by atoms with Crippen molar-refractivity contribution in [3.05, 3.63) is 10.6 Å². The molecule has 2 atom stereocenters. The van der Waals surface area contributed by atoms with E-state index in [9.17, 15) is 4.79 Å². The van der Waals surface area contributed by atoms with Gasteiger partial charge in [0, 0.05) is 19.1 Å². The Morgan fingerprint density at radius 2 is 2.26 bits per heavy atom. The van der Waals surface area contributed by atoms with E-state index in [0.717, 1.165) is 17.2 Å². The highest BCUT2D eigenvalue weighted by Crippen LogP contribution is 2.22. The summed E-state index contributed by atoms with van der Waals surface area (Å²) in [5, 5.41) is 4.05. The van der Waals surface area contributed by atoms with Crippen molar-refractivity contribution in [2.45, 2.75) is 38.8 Å². The van der Waals surface area contributed by atoms with Crippen molar-refractivity contribution >= 4 is 17.4 Å². The Morgan fingerprint density at radius 3 is 2.89 bits per heavy atom. The van der Waals surface area contributed by atoms with E-state index in [0.29, 0.717) is 24.6 Å². The van der Waals surface area contributed by atoms with Gasteiger partial charge in [-0.3, -0.25) is 4.79 Å². The largest absolute Gasteiger partial charge is 0.373 e. The third-order valence-corrected chi connectivity index (χ3v) is 3.95. The minimum Gasteiger partial charge on any atom is -0.373 e. The molecule has 2 unspecified atom stereocenters. The van der Waals surface area contributed by atoms with E-state index in [1.165, 1.54) is 0 Å². The fraction of sp³-hybridized carbons (Fsp3) is 0.750. The molecule has 106 valence electrons. The summed E-state index contributed by atoms with van der Waals surface area (Å²) in [7, 11) is 0. The quantitative estimate of drug-likeness (QED) is 0.890. The van der Waals surface area contributed by atoms with Gasteiger partial charge in [-0.15, -0.1) is 5.10 Å². The van der Waals surface area contributed by atoms with Gasteiger partial charge in [-0.25, -0.2) is 0 Å². The summed E-state index contributed by atoms with van der Waals surface area (Å²) in [4.78, 5) is 14.9. The summed E-state index contributed by atoms with van der Waals surface area (Å²) in [6, 6.07) is -0.0836. The minimum atomic E-state index is -0.0962. The van der Waals surface area contributed by atoms with Gasteiger partial charge in [0.05, 0.1) is 18.4 Å². The maximum absolute atomic E-state index is 12.5. The number of rotatable bonds is 3. The molecule has 1 aromatic heterocycles. The Hall–Kier alpha value is -1.05. The lowest BCUT2D eigenvalue weighted by atomic mass is 10.1. The van der Waals surface area contributed by atoms with Gasteiger partial charge in [0.15, 0.2) is 0 Å². The number of aromatic nitrogens is 2. The standard InChI is InChI=1S/C12H20N4O2S/c1-7(2)10-11(19-15-14-10)12(17)16-4-5-18-9(6-16)8(3)13/h7-9H,4-6,13H2,1-3H3.